The molecule has 0 bridgehead atoms. The van der Waals surface area contributed by atoms with Crippen molar-refractivity contribution in [2.24, 2.45) is 11.7 Å². The smallest absolute Gasteiger partial charge is 0.179 e. The zero-order chi connectivity index (χ0) is 13.1. The van der Waals surface area contributed by atoms with Gasteiger partial charge in [-0.25, -0.2) is 0 Å². The lowest BCUT2D eigenvalue weighted by atomic mass is 9.98. The summed E-state index contributed by atoms with van der Waals surface area (Å²) in [5, 5.41) is 0.610. The van der Waals surface area contributed by atoms with Gasteiger partial charge >= 0.3 is 0 Å². The fraction of sp³-hybridized carbons (Fsp3) is 0.571. The van der Waals surface area contributed by atoms with Gasteiger partial charge in [0.2, 0.25) is 0 Å². The minimum Gasteiger partial charge on any atom is -0.486 e. The van der Waals surface area contributed by atoms with E-state index in [9.17, 15) is 0 Å². The van der Waals surface area contributed by atoms with Gasteiger partial charge in [0.1, 0.15) is 13.2 Å². The van der Waals surface area contributed by atoms with E-state index in [1.807, 2.05) is 12.1 Å². The quantitative estimate of drug-likeness (QED) is 0.914. The molecule has 0 aromatic heterocycles. The van der Waals surface area contributed by atoms with E-state index in [2.05, 4.69) is 13.8 Å². The third-order valence-corrected chi connectivity index (χ3v) is 3.21. The summed E-state index contributed by atoms with van der Waals surface area (Å²) >= 11 is 6.19. The fourth-order valence-corrected chi connectivity index (χ4v) is 2.56. The zero-order valence-corrected chi connectivity index (χ0v) is 11.7. The largest absolute Gasteiger partial charge is 0.486 e. The van der Waals surface area contributed by atoms with E-state index < -0.39 is 0 Å². The number of hydrogen-bond donors (Lipinski definition) is 1. The molecule has 1 unspecified atom stereocenters. The maximum Gasteiger partial charge on any atom is 0.179 e. The van der Waals surface area contributed by atoms with E-state index in [0.29, 0.717) is 29.9 Å². The van der Waals surface area contributed by atoms with E-state index in [0.717, 1.165) is 24.2 Å². The molecule has 3 nitrogen and oxygen atoms in total. The van der Waals surface area contributed by atoms with Gasteiger partial charge in [-0.05, 0) is 36.5 Å². The standard InChI is InChI=1S/C14H20ClNO2/c1-9(2)5-11(16)6-10-7-12(15)14-13(8-10)17-3-4-18-14/h7-9,11H,3-6,16H2,1-2H3. The van der Waals surface area contributed by atoms with Crippen molar-refractivity contribution in [2.75, 3.05) is 13.2 Å². The van der Waals surface area contributed by atoms with Crippen molar-refractivity contribution in [1.82, 2.24) is 0 Å². The predicted octanol–water partition coefficient (Wildman–Crippen LogP) is 3.03. The van der Waals surface area contributed by atoms with E-state index >= 15 is 0 Å². The number of nitrogens with two attached hydrogens (primary N) is 1. The summed E-state index contributed by atoms with van der Waals surface area (Å²) in [5.74, 6) is 2.00. The second-order valence-electron chi connectivity index (χ2n) is 5.20. The van der Waals surface area contributed by atoms with Crippen LogP contribution < -0.4 is 15.2 Å². The van der Waals surface area contributed by atoms with Crippen molar-refractivity contribution >= 4 is 11.6 Å². The Balaban J connectivity index is 2.12. The topological polar surface area (TPSA) is 44.5 Å². The van der Waals surface area contributed by atoms with Gasteiger partial charge < -0.3 is 15.2 Å². The Labute approximate surface area is 113 Å². The zero-order valence-electron chi connectivity index (χ0n) is 10.9. The molecule has 1 heterocycles. The molecule has 1 aromatic carbocycles. The van der Waals surface area contributed by atoms with Gasteiger partial charge in [0.25, 0.3) is 0 Å². The lowest BCUT2D eigenvalue weighted by molar-refractivity contribution is 0.171. The normalized spacial score (nSPS) is 15.8. The average Bonchev–Trinajstić information content (AvgIpc) is 2.27. The van der Waals surface area contributed by atoms with Crippen molar-refractivity contribution in [1.29, 1.82) is 0 Å². The summed E-state index contributed by atoms with van der Waals surface area (Å²) in [6.45, 7) is 5.48. The van der Waals surface area contributed by atoms with Crippen molar-refractivity contribution in [3.05, 3.63) is 22.7 Å². The predicted molar refractivity (Wildman–Crippen MR) is 73.6 cm³/mol. The lowest BCUT2D eigenvalue weighted by Crippen LogP contribution is -2.25. The highest BCUT2D eigenvalue weighted by atomic mass is 35.5. The van der Waals surface area contributed by atoms with Crippen LogP contribution >= 0.6 is 11.6 Å². The van der Waals surface area contributed by atoms with Gasteiger partial charge in [-0.1, -0.05) is 25.4 Å². The van der Waals surface area contributed by atoms with Gasteiger partial charge in [-0.3, -0.25) is 0 Å². The number of ether oxygens (including phenoxy) is 2. The number of hydrogen-bond acceptors (Lipinski definition) is 3. The molecule has 1 aliphatic heterocycles. The Bertz CT molecular complexity index is 421. The average molecular weight is 270 g/mol. The highest BCUT2D eigenvalue weighted by Crippen LogP contribution is 2.38. The van der Waals surface area contributed by atoms with Crippen molar-refractivity contribution in [2.45, 2.75) is 32.7 Å². The van der Waals surface area contributed by atoms with Crippen LogP contribution in [-0.4, -0.2) is 19.3 Å². The summed E-state index contributed by atoms with van der Waals surface area (Å²) in [6, 6.07) is 4.07. The molecule has 100 valence electrons. The maximum atomic E-state index is 6.19. The molecular weight excluding hydrogens is 250 g/mol. The molecule has 4 heteroatoms. The lowest BCUT2D eigenvalue weighted by Gasteiger charge is -2.21. The molecule has 0 spiro atoms. The maximum absolute atomic E-state index is 6.19. The molecule has 0 fully saturated rings. The Morgan fingerprint density at radius 2 is 2.00 bits per heavy atom. The molecule has 1 aliphatic rings. The van der Waals surface area contributed by atoms with Crippen molar-refractivity contribution in [3.8, 4) is 11.5 Å². The monoisotopic (exact) mass is 269 g/mol. The second-order valence-corrected chi connectivity index (χ2v) is 5.60. The van der Waals surface area contributed by atoms with Crippen LogP contribution in [0.5, 0.6) is 11.5 Å². The van der Waals surface area contributed by atoms with Crippen LogP contribution in [0.1, 0.15) is 25.8 Å². The van der Waals surface area contributed by atoms with Gasteiger partial charge in [-0.15, -0.1) is 0 Å². The highest BCUT2D eigenvalue weighted by molar-refractivity contribution is 6.32. The van der Waals surface area contributed by atoms with Gasteiger partial charge in [0.15, 0.2) is 11.5 Å². The Morgan fingerprint density at radius 1 is 1.28 bits per heavy atom. The molecule has 2 N–H and O–H groups in total. The SMILES string of the molecule is CC(C)CC(N)Cc1cc(Cl)c2c(c1)OCCO2. The summed E-state index contributed by atoms with van der Waals surface area (Å²) in [6.07, 6.45) is 1.82. The molecule has 0 saturated heterocycles. The number of benzene rings is 1. The van der Waals surface area contributed by atoms with Crippen LogP contribution in [-0.2, 0) is 6.42 Å². The van der Waals surface area contributed by atoms with Crippen LogP contribution in [0.2, 0.25) is 5.02 Å². The first-order chi connectivity index (χ1) is 8.56. The van der Waals surface area contributed by atoms with Gasteiger partial charge in [0, 0.05) is 6.04 Å². The van der Waals surface area contributed by atoms with Crippen molar-refractivity contribution in [3.63, 3.8) is 0 Å². The summed E-state index contributed by atoms with van der Waals surface area (Å²) in [7, 11) is 0. The number of halogens is 1. The third-order valence-electron chi connectivity index (χ3n) is 2.93. The van der Waals surface area contributed by atoms with E-state index in [1.165, 1.54) is 0 Å². The van der Waals surface area contributed by atoms with Crippen molar-refractivity contribution < 1.29 is 9.47 Å². The fourth-order valence-electron chi connectivity index (χ4n) is 2.27. The molecule has 1 atom stereocenters. The van der Waals surface area contributed by atoms with E-state index in [-0.39, 0.29) is 6.04 Å². The number of fused-ring (bicyclic) bond motifs is 1. The first-order valence-electron chi connectivity index (χ1n) is 6.40. The molecule has 18 heavy (non-hydrogen) atoms. The molecular formula is C14H20ClNO2. The minimum absolute atomic E-state index is 0.156. The Morgan fingerprint density at radius 3 is 2.72 bits per heavy atom. The first kappa shape index (κ1) is 13.5. The summed E-state index contributed by atoms with van der Waals surface area (Å²) in [4.78, 5) is 0. The first-order valence-corrected chi connectivity index (χ1v) is 6.77. The minimum atomic E-state index is 0.156. The molecule has 0 saturated carbocycles. The summed E-state index contributed by atoms with van der Waals surface area (Å²) in [5.41, 5.74) is 7.23. The van der Waals surface area contributed by atoms with E-state index in [4.69, 9.17) is 26.8 Å². The van der Waals surface area contributed by atoms with Crippen LogP contribution in [0.4, 0.5) is 0 Å². The molecule has 2 rings (SSSR count). The number of rotatable bonds is 4. The highest BCUT2D eigenvalue weighted by Gasteiger charge is 2.17. The van der Waals surface area contributed by atoms with Crippen LogP contribution in [0.25, 0.3) is 0 Å². The Hall–Kier alpha value is -0.930. The third kappa shape index (κ3) is 3.30. The van der Waals surface area contributed by atoms with Crippen LogP contribution in [0, 0.1) is 5.92 Å². The van der Waals surface area contributed by atoms with Gasteiger partial charge in [-0.2, -0.15) is 0 Å². The van der Waals surface area contributed by atoms with E-state index in [1.54, 1.807) is 0 Å². The van der Waals surface area contributed by atoms with Crippen LogP contribution in [0.3, 0.4) is 0 Å². The van der Waals surface area contributed by atoms with Gasteiger partial charge in [0.05, 0.1) is 5.02 Å². The molecule has 1 aromatic rings. The van der Waals surface area contributed by atoms with Crippen LogP contribution in [0.15, 0.2) is 12.1 Å². The second kappa shape index (κ2) is 5.81. The summed E-state index contributed by atoms with van der Waals surface area (Å²) < 4.78 is 11.0. The molecule has 0 radical (unpaired) electrons. The molecule has 0 amide bonds. The molecule has 0 aliphatic carbocycles. The Kier molecular flexibility index (Phi) is 4.36.